The highest BCUT2D eigenvalue weighted by molar-refractivity contribution is 7.80. The average molecular weight is 737 g/mol. The highest BCUT2D eigenvalue weighted by Gasteiger charge is 2.30. The predicted molar refractivity (Wildman–Crippen MR) is 195 cm³/mol. The summed E-state index contributed by atoms with van der Waals surface area (Å²) in [5, 5.41) is 24.7. The molecule has 5 atom stereocenters. The third-order valence-corrected chi connectivity index (χ3v) is 8.12. The number of carboxylic acid groups (broad SMARTS) is 1. The summed E-state index contributed by atoms with van der Waals surface area (Å²) in [6.07, 6.45) is 3.10. The highest BCUT2D eigenvalue weighted by atomic mass is 32.1. The molecular weight excluding hydrogens is 680 g/mol. The van der Waals surface area contributed by atoms with Crippen LogP contribution < -0.4 is 43.4 Å². The van der Waals surface area contributed by atoms with Gasteiger partial charge in [-0.2, -0.15) is 12.6 Å². The number of aliphatic carboxylic acids is 1. The first kappa shape index (κ1) is 44.8. The smallest absolute Gasteiger partial charge is 0.327 e. The van der Waals surface area contributed by atoms with Gasteiger partial charge >= 0.3 is 5.97 Å². The van der Waals surface area contributed by atoms with Gasteiger partial charge in [0, 0.05) is 12.2 Å². The van der Waals surface area contributed by atoms with Crippen molar-refractivity contribution in [3.8, 4) is 0 Å². The summed E-state index contributed by atoms with van der Waals surface area (Å²) in [6, 6.07) is 3.54. The Morgan fingerprint density at radius 2 is 1.25 bits per heavy atom. The maximum atomic E-state index is 13.4. The van der Waals surface area contributed by atoms with Gasteiger partial charge in [-0.15, -0.1) is 0 Å². The van der Waals surface area contributed by atoms with Crippen molar-refractivity contribution in [1.82, 2.24) is 31.9 Å². The van der Waals surface area contributed by atoms with Gasteiger partial charge in [-0.05, 0) is 50.1 Å². The summed E-state index contributed by atoms with van der Waals surface area (Å²) in [7, 11) is 0. The molecule has 286 valence electrons. The van der Waals surface area contributed by atoms with Crippen molar-refractivity contribution < 1.29 is 38.7 Å². The molecule has 1 aromatic rings. The lowest BCUT2D eigenvalue weighted by Crippen LogP contribution is -2.57. The Kier molecular flexibility index (Phi) is 21.8. The molecule has 0 aliphatic rings. The van der Waals surface area contributed by atoms with Crippen LogP contribution in [0, 0.1) is 5.92 Å². The largest absolute Gasteiger partial charge is 0.480 e. The number of thiol groups is 1. The van der Waals surface area contributed by atoms with E-state index in [4.69, 9.17) is 11.5 Å². The molecule has 6 amide bonds. The van der Waals surface area contributed by atoms with Gasteiger partial charge in [0.25, 0.3) is 0 Å². The zero-order valence-corrected chi connectivity index (χ0v) is 30.6. The third kappa shape index (κ3) is 18.0. The fourth-order valence-corrected chi connectivity index (χ4v) is 5.24. The van der Waals surface area contributed by atoms with Crippen molar-refractivity contribution in [3.63, 3.8) is 0 Å². The zero-order valence-electron chi connectivity index (χ0n) is 29.7. The van der Waals surface area contributed by atoms with Crippen LogP contribution in [0.3, 0.4) is 0 Å². The van der Waals surface area contributed by atoms with Gasteiger partial charge in [-0.3, -0.25) is 28.8 Å². The third-order valence-electron chi connectivity index (χ3n) is 7.76. The molecule has 0 bridgehead atoms. The van der Waals surface area contributed by atoms with Crippen LogP contribution in [0.1, 0.15) is 71.3 Å². The second kappa shape index (κ2) is 24.8. The molecule has 0 saturated heterocycles. The van der Waals surface area contributed by atoms with Gasteiger partial charge in [0.05, 0.1) is 13.1 Å². The SMILES string of the molecule is CCCC[C@H](NC(=O)[C@H](CCCCN)NC(=O)CNC(=O)[C@H](CC(C)C)NC(=O)[C@H](Cc1ccccc1)NC(=O)CN)C(=O)N[C@@H](CS)C(=O)O. The lowest BCUT2D eigenvalue weighted by molar-refractivity contribution is -0.141. The van der Waals surface area contributed by atoms with E-state index in [1.165, 1.54) is 0 Å². The van der Waals surface area contributed by atoms with E-state index in [0.717, 1.165) is 5.56 Å². The molecule has 16 nitrogen and oxygen atoms in total. The molecule has 0 saturated carbocycles. The second-order valence-corrected chi connectivity index (χ2v) is 13.0. The minimum Gasteiger partial charge on any atom is -0.480 e. The number of nitrogens with two attached hydrogens (primary N) is 2. The van der Waals surface area contributed by atoms with Gasteiger partial charge in [0.15, 0.2) is 0 Å². The van der Waals surface area contributed by atoms with Gasteiger partial charge in [0.2, 0.25) is 35.4 Å². The molecule has 0 aromatic heterocycles. The number of amides is 6. The second-order valence-electron chi connectivity index (χ2n) is 12.6. The molecule has 0 heterocycles. The van der Waals surface area contributed by atoms with Gasteiger partial charge in [0.1, 0.15) is 30.2 Å². The van der Waals surface area contributed by atoms with E-state index in [2.05, 4.69) is 44.5 Å². The number of benzene rings is 1. The summed E-state index contributed by atoms with van der Waals surface area (Å²) >= 11 is 3.97. The first-order chi connectivity index (χ1) is 24.3. The van der Waals surface area contributed by atoms with Crippen LogP contribution in [0.15, 0.2) is 30.3 Å². The standard InChI is InChI=1S/C34H56N8O8S/c1-4-5-13-24(32(47)42-27(20-51)34(49)50)40-31(46)23(14-9-10-15-35)38-29(44)19-37-30(45)25(16-21(2)3)41-33(48)26(39-28(43)18-36)17-22-11-7-6-8-12-22/h6-8,11-12,21,23-27,51H,4-5,9-10,13-20,35-36H2,1-3H3,(H,37,45)(H,38,44)(H,39,43)(H,40,46)(H,41,48)(H,42,47)(H,49,50)/t23-,24-,25-,26-,27-/m0/s1. The van der Waals surface area contributed by atoms with Crippen molar-refractivity contribution in [2.75, 3.05) is 25.4 Å². The molecule has 0 spiro atoms. The Hall–Kier alpha value is -4.22. The molecule has 0 unspecified atom stereocenters. The molecule has 51 heavy (non-hydrogen) atoms. The van der Waals surface area contributed by atoms with Crippen molar-refractivity contribution in [1.29, 1.82) is 0 Å². The van der Waals surface area contributed by atoms with Crippen molar-refractivity contribution >= 4 is 54.0 Å². The number of hydrogen-bond acceptors (Lipinski definition) is 10. The van der Waals surface area contributed by atoms with E-state index in [1.807, 2.05) is 26.8 Å². The quantitative estimate of drug-likeness (QED) is 0.0437. The zero-order chi connectivity index (χ0) is 38.3. The molecule has 11 N–H and O–H groups in total. The average Bonchev–Trinajstić information content (AvgIpc) is 3.09. The summed E-state index contributed by atoms with van der Waals surface area (Å²) in [5.41, 5.74) is 11.9. The highest BCUT2D eigenvalue weighted by Crippen LogP contribution is 2.09. The fourth-order valence-electron chi connectivity index (χ4n) is 4.99. The number of unbranched alkanes of at least 4 members (excludes halogenated alkanes) is 2. The Labute approximate surface area is 305 Å². The molecule has 17 heteroatoms. The molecule has 0 aliphatic carbocycles. The van der Waals surface area contributed by atoms with Gasteiger partial charge in [-0.1, -0.05) is 63.9 Å². The fraction of sp³-hybridized carbons (Fsp3) is 0.618. The number of nitrogens with one attached hydrogen (secondary N) is 6. The van der Waals surface area contributed by atoms with Crippen molar-refractivity contribution in [3.05, 3.63) is 35.9 Å². The van der Waals surface area contributed by atoms with Gasteiger partial charge < -0.3 is 48.5 Å². The van der Waals surface area contributed by atoms with Crippen LogP contribution >= 0.6 is 12.6 Å². The maximum absolute atomic E-state index is 13.4. The van der Waals surface area contributed by atoms with Crippen molar-refractivity contribution in [2.45, 2.75) is 102 Å². The maximum Gasteiger partial charge on any atom is 0.327 e. The van der Waals surface area contributed by atoms with E-state index in [-0.39, 0.29) is 43.9 Å². The van der Waals surface area contributed by atoms with Crippen LogP contribution in [-0.4, -0.2) is 102 Å². The number of hydrogen-bond donors (Lipinski definition) is 10. The molecular formula is C34H56N8O8S. The molecule has 0 radical (unpaired) electrons. The van der Waals surface area contributed by atoms with E-state index in [1.54, 1.807) is 24.3 Å². The number of carboxylic acids is 1. The summed E-state index contributed by atoms with van der Waals surface area (Å²) in [6.45, 7) is 5.11. The summed E-state index contributed by atoms with van der Waals surface area (Å²) in [5.74, 6) is -5.29. The topological polar surface area (TPSA) is 264 Å². The normalized spacial score (nSPS) is 13.9. The molecule has 1 aromatic carbocycles. The Bertz CT molecular complexity index is 1290. The van der Waals surface area contributed by atoms with Crippen LogP contribution in [0.2, 0.25) is 0 Å². The Morgan fingerprint density at radius 1 is 0.706 bits per heavy atom. The summed E-state index contributed by atoms with van der Waals surface area (Å²) in [4.78, 5) is 89.5. The predicted octanol–water partition coefficient (Wildman–Crippen LogP) is -0.892. The molecule has 1 rings (SSSR count). The molecule has 0 fully saturated rings. The van der Waals surface area contributed by atoms with Crippen LogP contribution in [0.4, 0.5) is 0 Å². The first-order valence-corrected chi connectivity index (χ1v) is 17.9. The monoisotopic (exact) mass is 736 g/mol. The van der Waals surface area contributed by atoms with E-state index in [9.17, 15) is 38.7 Å². The summed E-state index contributed by atoms with van der Waals surface area (Å²) < 4.78 is 0. The van der Waals surface area contributed by atoms with E-state index in [0.29, 0.717) is 32.2 Å². The first-order valence-electron chi connectivity index (χ1n) is 17.3. The minimum absolute atomic E-state index is 0.0342. The lowest BCUT2D eigenvalue weighted by Gasteiger charge is -2.25. The van der Waals surface area contributed by atoms with Crippen LogP contribution in [0.5, 0.6) is 0 Å². The minimum atomic E-state index is -1.27. The number of carbonyl (C=O) groups is 7. The van der Waals surface area contributed by atoms with Crippen LogP contribution in [-0.2, 0) is 40.0 Å². The van der Waals surface area contributed by atoms with E-state index < -0.39 is 78.2 Å². The molecule has 0 aliphatic heterocycles. The van der Waals surface area contributed by atoms with E-state index >= 15 is 0 Å². The van der Waals surface area contributed by atoms with Gasteiger partial charge in [-0.25, -0.2) is 4.79 Å². The van der Waals surface area contributed by atoms with Crippen molar-refractivity contribution in [2.24, 2.45) is 17.4 Å². The van der Waals surface area contributed by atoms with Crippen LogP contribution in [0.25, 0.3) is 0 Å². The Balaban J connectivity index is 3.03. The number of carbonyl (C=O) groups excluding carboxylic acids is 6. The number of rotatable bonds is 25. The Morgan fingerprint density at radius 3 is 1.80 bits per heavy atom. The lowest BCUT2D eigenvalue weighted by atomic mass is 10.0.